The Morgan fingerprint density at radius 2 is 2.00 bits per heavy atom. The molecule has 0 atom stereocenters. The van der Waals surface area contributed by atoms with Crippen molar-refractivity contribution in [1.82, 2.24) is 5.43 Å². The Morgan fingerprint density at radius 3 is 2.68 bits per heavy atom. The number of ether oxygens (including phenoxy) is 2. The average molecular weight is 302 g/mol. The van der Waals surface area contributed by atoms with Gasteiger partial charge in [0.05, 0.1) is 20.4 Å². The van der Waals surface area contributed by atoms with E-state index in [0.29, 0.717) is 17.1 Å². The maximum Gasteiger partial charge on any atom is 0.271 e. The molecule has 1 N–H and O–H groups in total. The first-order valence-corrected chi connectivity index (χ1v) is 6.45. The SMILES string of the molecule is COc1ccc(/C=N\NC(=O)c2cccc(F)c2)c(OC)c1. The van der Waals surface area contributed by atoms with Crippen molar-refractivity contribution in [2.75, 3.05) is 14.2 Å². The van der Waals surface area contributed by atoms with Crippen LogP contribution in [0.1, 0.15) is 15.9 Å². The molecule has 0 spiro atoms. The van der Waals surface area contributed by atoms with Gasteiger partial charge >= 0.3 is 0 Å². The third kappa shape index (κ3) is 3.82. The number of methoxy groups -OCH3 is 2. The lowest BCUT2D eigenvalue weighted by atomic mass is 10.2. The van der Waals surface area contributed by atoms with Crippen molar-refractivity contribution in [2.45, 2.75) is 0 Å². The lowest BCUT2D eigenvalue weighted by Crippen LogP contribution is -2.17. The number of benzene rings is 2. The molecule has 0 bridgehead atoms. The number of hydrogen-bond acceptors (Lipinski definition) is 4. The molecule has 0 unspecified atom stereocenters. The van der Waals surface area contributed by atoms with Crippen molar-refractivity contribution in [1.29, 1.82) is 0 Å². The number of carbonyl (C=O) groups is 1. The fourth-order valence-corrected chi connectivity index (χ4v) is 1.78. The lowest BCUT2D eigenvalue weighted by Gasteiger charge is -2.06. The standard InChI is InChI=1S/C16H15FN2O3/c1-21-14-7-6-12(15(9-14)22-2)10-18-19-16(20)11-4-3-5-13(17)8-11/h3-10H,1-2H3,(H,19,20)/b18-10-. The monoisotopic (exact) mass is 302 g/mol. The van der Waals surface area contributed by atoms with E-state index in [0.717, 1.165) is 6.07 Å². The first-order valence-electron chi connectivity index (χ1n) is 6.45. The van der Waals surface area contributed by atoms with Gasteiger partial charge in [-0.3, -0.25) is 4.79 Å². The molecule has 22 heavy (non-hydrogen) atoms. The number of amides is 1. The molecule has 0 heterocycles. The van der Waals surface area contributed by atoms with Gasteiger partial charge in [-0.15, -0.1) is 0 Å². The van der Waals surface area contributed by atoms with Crippen LogP contribution < -0.4 is 14.9 Å². The first-order chi connectivity index (χ1) is 10.6. The number of carbonyl (C=O) groups excluding carboxylic acids is 1. The van der Waals surface area contributed by atoms with E-state index in [1.165, 1.54) is 31.5 Å². The summed E-state index contributed by atoms with van der Waals surface area (Å²) in [4.78, 5) is 11.8. The third-order valence-electron chi connectivity index (χ3n) is 2.90. The summed E-state index contributed by atoms with van der Waals surface area (Å²) in [5.74, 6) is 0.234. The Kier molecular flexibility index (Phi) is 5.08. The summed E-state index contributed by atoms with van der Waals surface area (Å²) in [7, 11) is 3.08. The minimum absolute atomic E-state index is 0.193. The van der Waals surface area contributed by atoms with Crippen LogP contribution in [0, 0.1) is 5.82 Å². The minimum atomic E-state index is -0.497. The predicted octanol–water partition coefficient (Wildman–Crippen LogP) is 2.61. The Morgan fingerprint density at radius 1 is 1.18 bits per heavy atom. The van der Waals surface area contributed by atoms with Crippen LogP contribution in [0.5, 0.6) is 11.5 Å². The summed E-state index contributed by atoms with van der Waals surface area (Å²) in [6.45, 7) is 0. The number of nitrogens with zero attached hydrogens (tertiary/aromatic N) is 1. The van der Waals surface area contributed by atoms with E-state index in [1.807, 2.05) is 0 Å². The molecule has 2 aromatic carbocycles. The van der Waals surface area contributed by atoms with Gasteiger partial charge in [0.2, 0.25) is 0 Å². The molecule has 1 amide bonds. The lowest BCUT2D eigenvalue weighted by molar-refractivity contribution is 0.0954. The van der Waals surface area contributed by atoms with Crippen LogP contribution in [-0.4, -0.2) is 26.3 Å². The molecule has 0 aromatic heterocycles. The summed E-state index contributed by atoms with van der Waals surface area (Å²) in [5.41, 5.74) is 3.19. The fraction of sp³-hybridized carbons (Fsp3) is 0.125. The highest BCUT2D eigenvalue weighted by molar-refractivity contribution is 5.95. The van der Waals surface area contributed by atoms with E-state index in [-0.39, 0.29) is 5.56 Å². The molecule has 0 aliphatic carbocycles. The van der Waals surface area contributed by atoms with Crippen molar-refractivity contribution < 1.29 is 18.7 Å². The zero-order chi connectivity index (χ0) is 15.9. The second kappa shape index (κ2) is 7.21. The van der Waals surface area contributed by atoms with Crippen molar-refractivity contribution in [2.24, 2.45) is 5.10 Å². The molecule has 2 rings (SSSR count). The maximum absolute atomic E-state index is 13.0. The van der Waals surface area contributed by atoms with Crippen LogP contribution >= 0.6 is 0 Å². The smallest absolute Gasteiger partial charge is 0.271 e. The van der Waals surface area contributed by atoms with Gasteiger partial charge < -0.3 is 9.47 Å². The molecular formula is C16H15FN2O3. The highest BCUT2D eigenvalue weighted by atomic mass is 19.1. The van der Waals surface area contributed by atoms with Gasteiger partial charge in [-0.05, 0) is 30.3 Å². The van der Waals surface area contributed by atoms with Gasteiger partial charge in [0.25, 0.3) is 5.91 Å². The Labute approximate surface area is 127 Å². The third-order valence-corrected chi connectivity index (χ3v) is 2.90. The van der Waals surface area contributed by atoms with Gasteiger partial charge in [0.15, 0.2) is 0 Å². The molecule has 0 aliphatic rings. The Bertz CT molecular complexity index is 702. The van der Waals surface area contributed by atoms with Crippen LogP contribution in [0.4, 0.5) is 4.39 Å². The molecule has 2 aromatic rings. The molecule has 0 radical (unpaired) electrons. The Balaban J connectivity index is 2.08. The zero-order valence-electron chi connectivity index (χ0n) is 12.2. The number of nitrogens with one attached hydrogen (secondary N) is 1. The normalized spacial score (nSPS) is 10.5. The highest BCUT2D eigenvalue weighted by Gasteiger charge is 2.06. The predicted molar refractivity (Wildman–Crippen MR) is 81.0 cm³/mol. The van der Waals surface area contributed by atoms with E-state index in [4.69, 9.17) is 9.47 Å². The molecule has 6 heteroatoms. The van der Waals surface area contributed by atoms with Crippen LogP contribution in [0.3, 0.4) is 0 Å². The van der Waals surface area contributed by atoms with Crippen LogP contribution in [-0.2, 0) is 0 Å². The second-order valence-electron chi connectivity index (χ2n) is 4.32. The fourth-order valence-electron chi connectivity index (χ4n) is 1.78. The molecule has 0 saturated carbocycles. The first kappa shape index (κ1) is 15.5. The van der Waals surface area contributed by atoms with Gasteiger partial charge in [0, 0.05) is 17.2 Å². The number of halogens is 1. The Hall–Kier alpha value is -2.89. The van der Waals surface area contributed by atoms with E-state index in [1.54, 1.807) is 25.3 Å². The summed E-state index contributed by atoms with van der Waals surface area (Å²) >= 11 is 0. The average Bonchev–Trinajstić information content (AvgIpc) is 2.54. The van der Waals surface area contributed by atoms with E-state index < -0.39 is 11.7 Å². The van der Waals surface area contributed by atoms with Gasteiger partial charge in [-0.25, -0.2) is 9.82 Å². The second-order valence-corrected chi connectivity index (χ2v) is 4.32. The minimum Gasteiger partial charge on any atom is -0.497 e. The zero-order valence-corrected chi connectivity index (χ0v) is 12.2. The summed E-state index contributed by atoms with van der Waals surface area (Å²) in [6, 6.07) is 10.6. The van der Waals surface area contributed by atoms with Crippen molar-refractivity contribution in [3.8, 4) is 11.5 Å². The van der Waals surface area contributed by atoms with E-state index >= 15 is 0 Å². The summed E-state index contributed by atoms with van der Waals surface area (Å²) in [6.07, 6.45) is 1.44. The van der Waals surface area contributed by atoms with Gasteiger partial charge in [0.1, 0.15) is 17.3 Å². The molecule has 5 nitrogen and oxygen atoms in total. The summed E-state index contributed by atoms with van der Waals surface area (Å²) < 4.78 is 23.3. The van der Waals surface area contributed by atoms with Gasteiger partial charge in [-0.2, -0.15) is 5.10 Å². The number of rotatable bonds is 5. The molecule has 0 saturated heterocycles. The van der Waals surface area contributed by atoms with Crippen molar-refractivity contribution in [3.05, 3.63) is 59.4 Å². The highest BCUT2D eigenvalue weighted by Crippen LogP contribution is 2.22. The van der Waals surface area contributed by atoms with Gasteiger partial charge in [-0.1, -0.05) is 6.07 Å². The van der Waals surface area contributed by atoms with Crippen LogP contribution in [0.15, 0.2) is 47.6 Å². The maximum atomic E-state index is 13.0. The number of hydrazone groups is 1. The topological polar surface area (TPSA) is 59.9 Å². The van der Waals surface area contributed by atoms with E-state index in [9.17, 15) is 9.18 Å². The quantitative estimate of drug-likeness (QED) is 0.682. The van der Waals surface area contributed by atoms with Crippen LogP contribution in [0.2, 0.25) is 0 Å². The molecular weight excluding hydrogens is 287 g/mol. The molecule has 114 valence electrons. The molecule has 0 aliphatic heterocycles. The molecule has 0 fully saturated rings. The van der Waals surface area contributed by atoms with Crippen molar-refractivity contribution >= 4 is 12.1 Å². The largest absolute Gasteiger partial charge is 0.497 e. The van der Waals surface area contributed by atoms with Crippen molar-refractivity contribution in [3.63, 3.8) is 0 Å². The van der Waals surface area contributed by atoms with E-state index in [2.05, 4.69) is 10.5 Å². The van der Waals surface area contributed by atoms with Crippen LogP contribution in [0.25, 0.3) is 0 Å². The number of hydrogen-bond donors (Lipinski definition) is 1. The summed E-state index contributed by atoms with van der Waals surface area (Å²) in [5, 5.41) is 3.84.